The minimum atomic E-state index is -0.342. The molecule has 1 amide bonds. The van der Waals surface area contributed by atoms with Gasteiger partial charge in [-0.3, -0.25) is 4.79 Å². The van der Waals surface area contributed by atoms with Crippen molar-refractivity contribution in [3.05, 3.63) is 64.3 Å². The summed E-state index contributed by atoms with van der Waals surface area (Å²) in [5, 5.41) is 14.4. The van der Waals surface area contributed by atoms with Crippen LogP contribution in [-0.4, -0.2) is 22.1 Å². The fourth-order valence-electron chi connectivity index (χ4n) is 3.30. The summed E-state index contributed by atoms with van der Waals surface area (Å²) in [6, 6.07) is 13.1. The zero-order valence-electron chi connectivity index (χ0n) is 13.0. The molecule has 24 heavy (non-hydrogen) atoms. The molecule has 4 rings (SSSR count). The third-order valence-corrected chi connectivity index (χ3v) is 4.77. The normalized spacial score (nSPS) is 16.8. The molecule has 5 heteroatoms. The van der Waals surface area contributed by atoms with Crippen molar-refractivity contribution < 1.29 is 9.90 Å². The first kappa shape index (κ1) is 15.2. The Morgan fingerprint density at radius 2 is 2.12 bits per heavy atom. The number of carbonyl (C=O) groups is 1. The van der Waals surface area contributed by atoms with E-state index in [-0.39, 0.29) is 12.0 Å². The molecule has 4 nitrogen and oxygen atoms in total. The van der Waals surface area contributed by atoms with Crippen molar-refractivity contribution in [3.63, 3.8) is 0 Å². The number of nitrogens with one attached hydrogen (secondary N) is 2. The molecule has 0 saturated carbocycles. The van der Waals surface area contributed by atoms with Crippen LogP contribution in [0.1, 0.15) is 28.0 Å². The lowest BCUT2D eigenvalue weighted by Crippen LogP contribution is -2.21. The maximum absolute atomic E-state index is 12.6. The Morgan fingerprint density at radius 1 is 1.25 bits per heavy atom. The molecule has 1 atom stereocenters. The zero-order chi connectivity index (χ0) is 16.7. The molecule has 1 aromatic heterocycles. The molecule has 3 N–H and O–H groups in total. The topological polar surface area (TPSA) is 65.1 Å². The molecule has 1 aliphatic carbocycles. The van der Waals surface area contributed by atoms with Gasteiger partial charge in [-0.1, -0.05) is 23.7 Å². The number of hydrogen-bond acceptors (Lipinski definition) is 2. The van der Waals surface area contributed by atoms with Crippen LogP contribution < -0.4 is 5.32 Å². The number of aromatic nitrogens is 1. The number of amides is 1. The van der Waals surface area contributed by atoms with Gasteiger partial charge in [0.05, 0.1) is 6.10 Å². The van der Waals surface area contributed by atoms with E-state index >= 15 is 0 Å². The Labute approximate surface area is 144 Å². The number of halogens is 1. The quantitative estimate of drug-likeness (QED) is 0.662. The monoisotopic (exact) mass is 340 g/mol. The standard InChI is InChI=1S/C19H17ClN2O2/c20-13-5-7-16-12(8-13)9-18(21-16)19(24)22-17-3-1-2-11-4-6-14(23)10-15(11)17/h1-3,5,7-9,14,21,23H,4,6,10H2,(H,22,24)/t14-/m1/s1. The number of H-pyrrole nitrogens is 1. The van der Waals surface area contributed by atoms with E-state index in [2.05, 4.69) is 16.4 Å². The van der Waals surface area contributed by atoms with Gasteiger partial charge in [0, 0.05) is 28.0 Å². The first-order valence-corrected chi connectivity index (χ1v) is 8.36. The molecular weight excluding hydrogens is 324 g/mol. The maximum atomic E-state index is 12.6. The van der Waals surface area contributed by atoms with Crippen molar-refractivity contribution in [1.82, 2.24) is 4.98 Å². The van der Waals surface area contributed by atoms with Crippen LogP contribution in [0.25, 0.3) is 10.9 Å². The Hall–Kier alpha value is -2.30. The number of rotatable bonds is 2. The third kappa shape index (κ3) is 2.79. The van der Waals surface area contributed by atoms with Crippen LogP contribution in [-0.2, 0) is 12.8 Å². The lowest BCUT2D eigenvalue weighted by Gasteiger charge is -2.23. The number of aliphatic hydroxyl groups is 1. The number of anilines is 1. The van der Waals surface area contributed by atoms with Gasteiger partial charge in [0.25, 0.3) is 5.91 Å². The van der Waals surface area contributed by atoms with Gasteiger partial charge in [-0.25, -0.2) is 0 Å². The molecule has 0 bridgehead atoms. The summed E-state index contributed by atoms with van der Waals surface area (Å²) in [5.74, 6) is -0.198. The van der Waals surface area contributed by atoms with E-state index < -0.39 is 0 Å². The van der Waals surface area contributed by atoms with E-state index in [0.29, 0.717) is 17.1 Å². The molecule has 1 heterocycles. The SMILES string of the molecule is O=C(Nc1cccc2c1C[C@H](O)CC2)c1cc2cc(Cl)ccc2[nH]1. The van der Waals surface area contributed by atoms with E-state index in [4.69, 9.17) is 11.6 Å². The smallest absolute Gasteiger partial charge is 0.272 e. The highest BCUT2D eigenvalue weighted by atomic mass is 35.5. The number of carbonyl (C=O) groups excluding carboxylic acids is 1. The number of aryl methyl sites for hydroxylation is 1. The van der Waals surface area contributed by atoms with Crippen molar-refractivity contribution in [3.8, 4) is 0 Å². The summed E-state index contributed by atoms with van der Waals surface area (Å²) in [4.78, 5) is 15.7. The zero-order valence-corrected chi connectivity index (χ0v) is 13.7. The lowest BCUT2D eigenvalue weighted by atomic mass is 9.88. The third-order valence-electron chi connectivity index (χ3n) is 4.54. The Kier molecular flexibility index (Phi) is 3.79. The molecule has 0 spiro atoms. The Balaban J connectivity index is 1.64. The minimum Gasteiger partial charge on any atom is -0.393 e. The van der Waals surface area contributed by atoms with E-state index in [1.165, 1.54) is 5.56 Å². The van der Waals surface area contributed by atoms with Gasteiger partial charge < -0.3 is 15.4 Å². The predicted molar refractivity (Wildman–Crippen MR) is 95.7 cm³/mol. The summed E-state index contributed by atoms with van der Waals surface area (Å²) < 4.78 is 0. The van der Waals surface area contributed by atoms with Gasteiger partial charge in [0.2, 0.25) is 0 Å². The van der Waals surface area contributed by atoms with Gasteiger partial charge in [-0.05, 0) is 54.3 Å². The molecule has 1 aliphatic rings. The molecule has 0 unspecified atom stereocenters. The minimum absolute atomic E-state index is 0.198. The van der Waals surface area contributed by atoms with E-state index in [0.717, 1.165) is 35.0 Å². The second-order valence-electron chi connectivity index (χ2n) is 6.21. The number of hydrogen-bond donors (Lipinski definition) is 3. The van der Waals surface area contributed by atoms with Crippen LogP contribution in [0.5, 0.6) is 0 Å². The highest BCUT2D eigenvalue weighted by Gasteiger charge is 2.20. The average molecular weight is 341 g/mol. The molecular formula is C19H17ClN2O2. The van der Waals surface area contributed by atoms with Crippen molar-refractivity contribution >= 4 is 34.1 Å². The average Bonchev–Trinajstić information content (AvgIpc) is 2.98. The summed E-state index contributed by atoms with van der Waals surface area (Å²) in [5.41, 5.74) is 4.36. The molecule has 0 fully saturated rings. The van der Waals surface area contributed by atoms with Gasteiger partial charge in [0.1, 0.15) is 5.69 Å². The van der Waals surface area contributed by atoms with Crippen molar-refractivity contribution in [1.29, 1.82) is 0 Å². The Bertz CT molecular complexity index is 932. The molecule has 2 aromatic carbocycles. The van der Waals surface area contributed by atoms with Crippen LogP contribution in [0.2, 0.25) is 5.02 Å². The highest BCUT2D eigenvalue weighted by molar-refractivity contribution is 6.31. The van der Waals surface area contributed by atoms with Crippen LogP contribution in [0.4, 0.5) is 5.69 Å². The second-order valence-corrected chi connectivity index (χ2v) is 6.65. The predicted octanol–water partition coefficient (Wildman–Crippen LogP) is 3.92. The van der Waals surface area contributed by atoms with Crippen molar-refractivity contribution in [2.24, 2.45) is 0 Å². The van der Waals surface area contributed by atoms with Crippen molar-refractivity contribution in [2.75, 3.05) is 5.32 Å². The number of benzene rings is 2. The summed E-state index contributed by atoms with van der Waals surface area (Å²) >= 11 is 5.99. The first-order valence-electron chi connectivity index (χ1n) is 7.98. The number of fused-ring (bicyclic) bond motifs is 2. The van der Waals surface area contributed by atoms with Gasteiger partial charge in [-0.2, -0.15) is 0 Å². The van der Waals surface area contributed by atoms with Crippen LogP contribution in [0, 0.1) is 0 Å². The van der Waals surface area contributed by atoms with E-state index in [1.54, 1.807) is 12.1 Å². The van der Waals surface area contributed by atoms with E-state index in [9.17, 15) is 9.90 Å². The summed E-state index contributed by atoms with van der Waals surface area (Å²) in [6.07, 6.45) is 1.84. The summed E-state index contributed by atoms with van der Waals surface area (Å²) in [6.45, 7) is 0. The number of aliphatic hydroxyl groups excluding tert-OH is 1. The van der Waals surface area contributed by atoms with Gasteiger partial charge in [-0.15, -0.1) is 0 Å². The maximum Gasteiger partial charge on any atom is 0.272 e. The lowest BCUT2D eigenvalue weighted by molar-refractivity contribution is 0.102. The van der Waals surface area contributed by atoms with Gasteiger partial charge >= 0.3 is 0 Å². The van der Waals surface area contributed by atoms with Crippen LogP contribution in [0.15, 0.2) is 42.5 Å². The molecule has 0 saturated heterocycles. The molecule has 0 aliphatic heterocycles. The van der Waals surface area contributed by atoms with Gasteiger partial charge in [0.15, 0.2) is 0 Å². The highest BCUT2D eigenvalue weighted by Crippen LogP contribution is 2.29. The molecule has 0 radical (unpaired) electrons. The summed E-state index contributed by atoms with van der Waals surface area (Å²) in [7, 11) is 0. The van der Waals surface area contributed by atoms with Crippen molar-refractivity contribution in [2.45, 2.75) is 25.4 Å². The van der Waals surface area contributed by atoms with E-state index in [1.807, 2.05) is 24.3 Å². The first-order chi connectivity index (χ1) is 11.6. The molecule has 3 aromatic rings. The Morgan fingerprint density at radius 3 is 3.00 bits per heavy atom. The fourth-order valence-corrected chi connectivity index (χ4v) is 3.48. The van der Waals surface area contributed by atoms with Crippen LogP contribution in [0.3, 0.4) is 0 Å². The fraction of sp³-hybridized carbons (Fsp3) is 0.211. The second kappa shape index (κ2) is 5.96. The largest absolute Gasteiger partial charge is 0.393 e. The molecule has 122 valence electrons. The van der Waals surface area contributed by atoms with Crippen LogP contribution >= 0.6 is 11.6 Å². The number of aromatic amines is 1.